The van der Waals surface area contributed by atoms with Crippen LogP contribution in [-0.4, -0.2) is 36.4 Å². The molecular weight excluding hydrogens is 370 g/mol. The maximum Gasteiger partial charge on any atom is 0.274 e. The lowest BCUT2D eigenvalue weighted by Gasteiger charge is -2.11. The molecule has 3 rings (SSSR count). The summed E-state index contributed by atoms with van der Waals surface area (Å²) >= 11 is 1.44. The van der Waals surface area contributed by atoms with E-state index in [1.165, 1.54) is 30.1 Å². The molecule has 3 aromatic rings. The molecule has 1 N–H and O–H groups in total. The number of aromatic nitrogens is 2. The second kappa shape index (κ2) is 7.35. The first-order valence-corrected chi connectivity index (χ1v) is 10.8. The van der Waals surface area contributed by atoms with Crippen LogP contribution in [0.15, 0.2) is 70.8 Å². The number of rotatable bonds is 5. The maximum atomic E-state index is 12.7. The van der Waals surface area contributed by atoms with Gasteiger partial charge in [-0.25, -0.2) is 13.4 Å². The summed E-state index contributed by atoms with van der Waals surface area (Å²) in [7, 11) is -3.27. The molecule has 0 saturated heterocycles. The summed E-state index contributed by atoms with van der Waals surface area (Å²) in [6.07, 6.45) is 4.56. The van der Waals surface area contributed by atoms with Gasteiger partial charge in [-0.15, -0.1) is 0 Å². The Morgan fingerprint density at radius 1 is 1.08 bits per heavy atom. The summed E-state index contributed by atoms with van der Waals surface area (Å²) in [6, 6.07) is 15.6. The lowest BCUT2D eigenvalue weighted by Crippen LogP contribution is -2.16. The summed E-state index contributed by atoms with van der Waals surface area (Å²) in [5.41, 5.74) is 1.74. The molecule has 8 heteroatoms. The molecule has 1 heterocycles. The Morgan fingerprint density at radius 3 is 2.31 bits per heavy atom. The first-order chi connectivity index (χ1) is 12.4. The predicted molar refractivity (Wildman–Crippen MR) is 103 cm³/mol. The summed E-state index contributed by atoms with van der Waals surface area (Å²) in [5, 5.41) is 3.48. The zero-order valence-corrected chi connectivity index (χ0v) is 15.8. The number of imidazole rings is 1. The second-order valence-corrected chi connectivity index (χ2v) is 8.34. The molecule has 0 aliphatic carbocycles. The van der Waals surface area contributed by atoms with Gasteiger partial charge < -0.3 is 5.32 Å². The lowest BCUT2D eigenvalue weighted by molar-refractivity contribution is 0.102. The van der Waals surface area contributed by atoms with E-state index >= 15 is 0 Å². The van der Waals surface area contributed by atoms with Crippen LogP contribution in [0.3, 0.4) is 0 Å². The van der Waals surface area contributed by atoms with Gasteiger partial charge in [-0.05, 0) is 42.7 Å². The Balaban J connectivity index is 1.90. The highest BCUT2D eigenvalue weighted by Gasteiger charge is 2.18. The number of carbonyl (C=O) groups is 1. The van der Waals surface area contributed by atoms with E-state index in [0.29, 0.717) is 16.5 Å². The molecule has 0 bridgehead atoms. The van der Waals surface area contributed by atoms with Crippen molar-refractivity contribution in [3.8, 4) is 5.69 Å². The van der Waals surface area contributed by atoms with Gasteiger partial charge in [0, 0.05) is 17.6 Å². The second-order valence-electron chi connectivity index (χ2n) is 5.55. The maximum absolute atomic E-state index is 12.7. The van der Waals surface area contributed by atoms with Gasteiger partial charge in [0.25, 0.3) is 5.91 Å². The molecule has 0 atom stereocenters. The number of carbonyl (C=O) groups excluding carboxylic acids is 1. The average Bonchev–Trinajstić information content (AvgIpc) is 3.06. The molecular formula is C18H17N3O3S2. The van der Waals surface area contributed by atoms with Crippen molar-refractivity contribution in [1.29, 1.82) is 0 Å². The van der Waals surface area contributed by atoms with Gasteiger partial charge in [0.15, 0.2) is 15.0 Å². The molecule has 1 aromatic heterocycles. The fourth-order valence-electron chi connectivity index (χ4n) is 2.45. The minimum Gasteiger partial charge on any atom is -0.321 e. The highest BCUT2D eigenvalue weighted by molar-refractivity contribution is 7.98. The molecule has 0 spiro atoms. The third-order valence-electron chi connectivity index (χ3n) is 3.70. The van der Waals surface area contributed by atoms with Crippen LogP contribution < -0.4 is 5.32 Å². The molecule has 1 amide bonds. The Bertz CT molecular complexity index is 1030. The standard InChI is InChI=1S/C18H17N3O3S2/c1-25-18-19-12-16(21(18)14-6-4-3-5-7-14)17(22)20-13-8-10-15(11-9-13)26(2,23)24/h3-12H,1-2H3,(H,20,22). The summed E-state index contributed by atoms with van der Waals surface area (Å²) < 4.78 is 24.8. The van der Waals surface area contributed by atoms with E-state index < -0.39 is 9.84 Å². The van der Waals surface area contributed by atoms with Crippen LogP contribution >= 0.6 is 11.8 Å². The Hall–Kier alpha value is -2.58. The minimum absolute atomic E-state index is 0.203. The molecule has 26 heavy (non-hydrogen) atoms. The summed E-state index contributed by atoms with van der Waals surface area (Å²) in [6.45, 7) is 0. The molecule has 134 valence electrons. The van der Waals surface area contributed by atoms with Crippen LogP contribution in [-0.2, 0) is 9.84 Å². The number of amides is 1. The van der Waals surface area contributed by atoms with Gasteiger partial charge in [-0.1, -0.05) is 30.0 Å². The number of benzene rings is 2. The van der Waals surface area contributed by atoms with Crippen LogP contribution in [0.2, 0.25) is 0 Å². The molecule has 0 aliphatic heterocycles. The molecule has 0 saturated carbocycles. The van der Waals surface area contributed by atoms with E-state index in [9.17, 15) is 13.2 Å². The third-order valence-corrected chi connectivity index (χ3v) is 5.48. The van der Waals surface area contributed by atoms with Crippen molar-refractivity contribution in [2.75, 3.05) is 17.8 Å². The molecule has 0 aliphatic rings. The average molecular weight is 387 g/mol. The van der Waals surface area contributed by atoms with Gasteiger partial charge in [0.2, 0.25) is 0 Å². The van der Waals surface area contributed by atoms with Crippen LogP contribution in [0.4, 0.5) is 5.69 Å². The Labute approximate surface area is 156 Å². The van der Waals surface area contributed by atoms with Gasteiger partial charge >= 0.3 is 0 Å². The number of hydrogen-bond donors (Lipinski definition) is 1. The van der Waals surface area contributed by atoms with Crippen molar-refractivity contribution in [1.82, 2.24) is 9.55 Å². The zero-order valence-electron chi connectivity index (χ0n) is 14.2. The monoisotopic (exact) mass is 387 g/mol. The van der Waals surface area contributed by atoms with Crippen LogP contribution in [0.25, 0.3) is 5.69 Å². The number of para-hydroxylation sites is 1. The molecule has 0 fully saturated rings. The van der Waals surface area contributed by atoms with Crippen molar-refractivity contribution in [3.05, 3.63) is 66.5 Å². The van der Waals surface area contributed by atoms with Crippen LogP contribution in [0.5, 0.6) is 0 Å². The number of anilines is 1. The van der Waals surface area contributed by atoms with Crippen LogP contribution in [0, 0.1) is 0 Å². The highest BCUT2D eigenvalue weighted by Crippen LogP contribution is 2.22. The largest absolute Gasteiger partial charge is 0.321 e. The first kappa shape index (κ1) is 18.2. The van der Waals surface area contributed by atoms with E-state index in [4.69, 9.17) is 0 Å². The molecule has 0 radical (unpaired) electrons. The normalized spacial score (nSPS) is 11.3. The summed E-state index contributed by atoms with van der Waals surface area (Å²) in [4.78, 5) is 17.2. The summed E-state index contributed by atoms with van der Waals surface area (Å²) in [5.74, 6) is -0.325. The van der Waals surface area contributed by atoms with E-state index in [1.807, 2.05) is 36.6 Å². The lowest BCUT2D eigenvalue weighted by atomic mass is 10.3. The zero-order chi connectivity index (χ0) is 18.7. The van der Waals surface area contributed by atoms with E-state index in [1.54, 1.807) is 16.7 Å². The highest BCUT2D eigenvalue weighted by atomic mass is 32.2. The van der Waals surface area contributed by atoms with Crippen molar-refractivity contribution >= 4 is 33.2 Å². The first-order valence-electron chi connectivity index (χ1n) is 7.69. The third kappa shape index (κ3) is 3.81. The quantitative estimate of drug-likeness (QED) is 0.680. The Morgan fingerprint density at radius 2 is 1.73 bits per heavy atom. The molecule has 0 unspecified atom stereocenters. The Kier molecular flexibility index (Phi) is 5.15. The smallest absolute Gasteiger partial charge is 0.274 e. The number of nitrogens with zero attached hydrogens (tertiary/aromatic N) is 2. The van der Waals surface area contributed by atoms with Gasteiger partial charge in [0.05, 0.1) is 11.1 Å². The van der Waals surface area contributed by atoms with Gasteiger partial charge in [-0.2, -0.15) is 0 Å². The molecule has 6 nitrogen and oxygen atoms in total. The predicted octanol–water partition coefficient (Wildman–Crippen LogP) is 3.25. The number of thioether (sulfide) groups is 1. The van der Waals surface area contributed by atoms with Gasteiger partial charge in [-0.3, -0.25) is 9.36 Å². The number of hydrogen-bond acceptors (Lipinski definition) is 5. The van der Waals surface area contributed by atoms with Crippen LogP contribution in [0.1, 0.15) is 10.5 Å². The van der Waals surface area contributed by atoms with Crippen molar-refractivity contribution in [2.45, 2.75) is 10.1 Å². The topological polar surface area (TPSA) is 81.1 Å². The van der Waals surface area contributed by atoms with E-state index in [2.05, 4.69) is 10.3 Å². The van der Waals surface area contributed by atoms with Crippen molar-refractivity contribution < 1.29 is 13.2 Å². The minimum atomic E-state index is -3.27. The number of nitrogens with one attached hydrogen (secondary N) is 1. The van der Waals surface area contributed by atoms with Crippen molar-refractivity contribution in [2.24, 2.45) is 0 Å². The SMILES string of the molecule is CSc1ncc(C(=O)Nc2ccc(S(C)(=O)=O)cc2)n1-c1ccccc1. The van der Waals surface area contributed by atoms with Crippen molar-refractivity contribution in [3.63, 3.8) is 0 Å². The molecule has 2 aromatic carbocycles. The van der Waals surface area contributed by atoms with Gasteiger partial charge in [0.1, 0.15) is 5.69 Å². The fourth-order valence-corrected chi connectivity index (χ4v) is 3.62. The fraction of sp³-hybridized carbons (Fsp3) is 0.111. The van der Waals surface area contributed by atoms with E-state index in [0.717, 1.165) is 11.9 Å². The van der Waals surface area contributed by atoms with E-state index in [-0.39, 0.29) is 10.8 Å². The number of sulfone groups is 1.